The number of aliphatic imine (C=N–C) groups is 1. The maximum Gasteiger partial charge on any atom is 0.223 e. The number of thiazole rings is 1. The van der Waals surface area contributed by atoms with Crippen LogP contribution < -0.4 is 15.8 Å². The van der Waals surface area contributed by atoms with E-state index in [9.17, 15) is 4.79 Å². The topological polar surface area (TPSA) is 92.8 Å². The summed E-state index contributed by atoms with van der Waals surface area (Å²) < 4.78 is 6.15. The largest absolute Gasteiger partial charge is 0.489 e. The summed E-state index contributed by atoms with van der Waals surface area (Å²) in [6.45, 7) is 5.33. The molecule has 2 aromatic rings. The number of nitrogen functional groups attached to an aromatic ring is 1. The lowest BCUT2D eigenvalue weighted by Crippen LogP contribution is -2.27. The first-order chi connectivity index (χ1) is 12.9. The molecule has 8 heteroatoms. The molecule has 2 unspecified atom stereocenters. The van der Waals surface area contributed by atoms with Gasteiger partial charge >= 0.3 is 0 Å². The van der Waals surface area contributed by atoms with Gasteiger partial charge in [-0.2, -0.15) is 0 Å². The van der Waals surface area contributed by atoms with Crippen LogP contribution in [0.5, 0.6) is 5.75 Å². The second kappa shape index (κ2) is 8.49. The Morgan fingerprint density at radius 1 is 1.56 bits per heavy atom. The van der Waals surface area contributed by atoms with Crippen molar-refractivity contribution in [1.82, 2.24) is 9.88 Å². The van der Waals surface area contributed by atoms with Crippen LogP contribution in [-0.4, -0.2) is 47.7 Å². The predicted octanol–water partition coefficient (Wildman–Crippen LogP) is 2.77. The number of anilines is 2. The van der Waals surface area contributed by atoms with Crippen LogP contribution in [0, 0.1) is 0 Å². The Morgan fingerprint density at radius 2 is 2.37 bits per heavy atom. The molecular formula is C19H25N5O2S. The Kier molecular flexibility index (Phi) is 6.08. The summed E-state index contributed by atoms with van der Waals surface area (Å²) in [6.07, 6.45) is 4.64. The third-order valence-corrected chi connectivity index (χ3v) is 5.39. The van der Waals surface area contributed by atoms with Gasteiger partial charge in [-0.1, -0.05) is 0 Å². The Labute approximate surface area is 163 Å². The van der Waals surface area contributed by atoms with E-state index in [4.69, 9.17) is 10.5 Å². The van der Waals surface area contributed by atoms with E-state index < -0.39 is 0 Å². The van der Waals surface area contributed by atoms with Crippen LogP contribution in [0.4, 0.5) is 10.8 Å². The van der Waals surface area contributed by atoms with E-state index in [1.807, 2.05) is 24.4 Å². The van der Waals surface area contributed by atoms with Crippen molar-refractivity contribution < 1.29 is 9.53 Å². The number of hydrogen-bond donors (Lipinski definition) is 2. The van der Waals surface area contributed by atoms with E-state index in [0.29, 0.717) is 16.9 Å². The van der Waals surface area contributed by atoms with Gasteiger partial charge in [-0.25, -0.2) is 4.98 Å². The molecule has 7 nitrogen and oxygen atoms in total. The Bertz CT molecular complexity index is 835. The molecule has 144 valence electrons. The highest BCUT2D eigenvalue weighted by molar-refractivity contribution is 7.15. The quantitative estimate of drug-likeness (QED) is 0.587. The van der Waals surface area contributed by atoms with Crippen LogP contribution in [0.2, 0.25) is 0 Å². The van der Waals surface area contributed by atoms with Gasteiger partial charge in [0.15, 0.2) is 5.13 Å². The van der Waals surface area contributed by atoms with Gasteiger partial charge in [0.2, 0.25) is 5.91 Å². The van der Waals surface area contributed by atoms with Crippen molar-refractivity contribution in [2.24, 2.45) is 4.99 Å². The number of rotatable bonds is 6. The van der Waals surface area contributed by atoms with Crippen LogP contribution >= 0.6 is 11.3 Å². The molecule has 3 rings (SSSR count). The zero-order chi connectivity index (χ0) is 19.4. The highest BCUT2D eigenvalue weighted by Crippen LogP contribution is 2.28. The molecule has 1 aromatic heterocycles. The zero-order valence-corrected chi connectivity index (χ0v) is 16.6. The summed E-state index contributed by atoms with van der Waals surface area (Å²) in [6, 6.07) is 6.12. The molecule has 0 aliphatic carbocycles. The van der Waals surface area contributed by atoms with E-state index in [0.717, 1.165) is 35.7 Å². The van der Waals surface area contributed by atoms with Crippen molar-refractivity contribution in [2.45, 2.75) is 39.0 Å². The third kappa shape index (κ3) is 5.05. The number of amides is 1. The van der Waals surface area contributed by atoms with Gasteiger partial charge in [0, 0.05) is 74.1 Å². The maximum absolute atomic E-state index is 11.1. The number of hydrogen-bond acceptors (Lipinski definition) is 7. The first-order valence-electron chi connectivity index (χ1n) is 8.89. The highest BCUT2D eigenvalue weighted by atomic mass is 32.1. The molecule has 1 aromatic carbocycles. The average molecular weight is 388 g/mol. The number of carbonyl (C=O) groups is 1. The van der Waals surface area contributed by atoms with Crippen LogP contribution in [0.3, 0.4) is 0 Å². The number of carbonyl (C=O) groups excluding carboxylic acids is 1. The smallest absolute Gasteiger partial charge is 0.223 e. The SMILES string of the molecule is CN=Cc1ccc(OC2CC(C)N(Cc3cnc(NC(C)=O)s3)C2)cc1N. The summed E-state index contributed by atoms with van der Waals surface area (Å²) >= 11 is 1.51. The minimum Gasteiger partial charge on any atom is -0.489 e. The average Bonchev–Trinajstić information content (AvgIpc) is 3.16. The van der Waals surface area contributed by atoms with Gasteiger partial charge in [0.05, 0.1) is 0 Å². The lowest BCUT2D eigenvalue weighted by molar-refractivity contribution is -0.114. The fourth-order valence-corrected chi connectivity index (χ4v) is 4.10. The van der Waals surface area contributed by atoms with Crippen molar-refractivity contribution in [3.05, 3.63) is 34.8 Å². The zero-order valence-electron chi connectivity index (χ0n) is 15.8. The molecule has 1 aliphatic heterocycles. The van der Waals surface area contributed by atoms with Crippen molar-refractivity contribution in [2.75, 3.05) is 24.6 Å². The second-order valence-corrected chi connectivity index (χ2v) is 7.86. The summed E-state index contributed by atoms with van der Waals surface area (Å²) in [7, 11) is 1.72. The molecule has 0 saturated carbocycles. The molecule has 0 bridgehead atoms. The first-order valence-corrected chi connectivity index (χ1v) is 9.71. The summed E-state index contributed by atoms with van der Waals surface area (Å²) in [5.41, 5.74) is 7.62. The number of benzene rings is 1. The van der Waals surface area contributed by atoms with Gasteiger partial charge in [0.1, 0.15) is 11.9 Å². The fourth-order valence-electron chi connectivity index (χ4n) is 3.22. The molecule has 0 radical (unpaired) electrons. The lowest BCUT2D eigenvalue weighted by atomic mass is 10.2. The number of nitrogens with one attached hydrogen (secondary N) is 1. The van der Waals surface area contributed by atoms with E-state index in [1.54, 1.807) is 13.3 Å². The normalized spacial score (nSPS) is 20.3. The summed E-state index contributed by atoms with van der Waals surface area (Å²) in [5, 5.41) is 3.37. The molecule has 27 heavy (non-hydrogen) atoms. The molecule has 1 fully saturated rings. The van der Waals surface area contributed by atoms with E-state index >= 15 is 0 Å². The first kappa shape index (κ1) is 19.3. The fraction of sp³-hybridized carbons (Fsp3) is 0.421. The Hall–Kier alpha value is -2.45. The number of nitrogens with two attached hydrogens (primary N) is 1. The number of nitrogens with zero attached hydrogens (tertiary/aromatic N) is 3. The van der Waals surface area contributed by atoms with Crippen molar-refractivity contribution in [3.8, 4) is 5.75 Å². The molecule has 2 atom stereocenters. The van der Waals surface area contributed by atoms with E-state index in [-0.39, 0.29) is 12.0 Å². The maximum atomic E-state index is 11.1. The van der Waals surface area contributed by atoms with Gasteiger partial charge in [0.25, 0.3) is 0 Å². The minimum atomic E-state index is -0.102. The van der Waals surface area contributed by atoms with Crippen molar-refractivity contribution in [1.29, 1.82) is 0 Å². The monoisotopic (exact) mass is 387 g/mol. The third-order valence-electron chi connectivity index (χ3n) is 4.49. The van der Waals surface area contributed by atoms with Crippen LogP contribution in [0.25, 0.3) is 0 Å². The van der Waals surface area contributed by atoms with E-state index in [1.165, 1.54) is 18.3 Å². The van der Waals surface area contributed by atoms with Crippen molar-refractivity contribution in [3.63, 3.8) is 0 Å². The number of likely N-dealkylation sites (tertiary alicyclic amines) is 1. The van der Waals surface area contributed by atoms with Crippen LogP contribution in [-0.2, 0) is 11.3 Å². The molecule has 0 spiro atoms. The molecule has 1 amide bonds. The standard InChI is InChI=1S/C19H25N5O2S/c1-12-6-16(26-15-5-4-14(8-21-3)18(20)7-15)10-24(12)11-17-9-22-19(27-17)23-13(2)25/h4-5,7-9,12,16H,6,10-11,20H2,1-3H3,(H,22,23,25). The summed E-state index contributed by atoms with van der Waals surface area (Å²) in [5.74, 6) is 0.681. The Morgan fingerprint density at radius 3 is 3.07 bits per heavy atom. The van der Waals surface area contributed by atoms with E-state index in [2.05, 4.69) is 27.1 Å². The van der Waals surface area contributed by atoms with Crippen LogP contribution in [0.1, 0.15) is 30.7 Å². The van der Waals surface area contributed by atoms with Gasteiger partial charge in [-0.15, -0.1) is 11.3 Å². The molecule has 3 N–H and O–H groups in total. The van der Waals surface area contributed by atoms with Crippen molar-refractivity contribution >= 4 is 34.3 Å². The summed E-state index contributed by atoms with van der Waals surface area (Å²) in [4.78, 5) is 22.9. The molecular weight excluding hydrogens is 362 g/mol. The van der Waals surface area contributed by atoms with Gasteiger partial charge in [-0.05, 0) is 19.1 Å². The lowest BCUT2D eigenvalue weighted by Gasteiger charge is -2.19. The number of ether oxygens (including phenoxy) is 1. The minimum absolute atomic E-state index is 0.102. The Balaban J connectivity index is 1.58. The molecule has 2 heterocycles. The number of aromatic nitrogens is 1. The molecule has 1 aliphatic rings. The highest BCUT2D eigenvalue weighted by Gasteiger charge is 2.30. The second-order valence-electron chi connectivity index (χ2n) is 6.74. The van der Waals surface area contributed by atoms with Gasteiger partial charge < -0.3 is 15.8 Å². The van der Waals surface area contributed by atoms with Gasteiger partial charge in [-0.3, -0.25) is 14.7 Å². The predicted molar refractivity (Wildman–Crippen MR) is 110 cm³/mol. The van der Waals surface area contributed by atoms with Crippen LogP contribution in [0.15, 0.2) is 29.4 Å². The molecule has 1 saturated heterocycles.